The molecule has 1 amide bonds. The number of amides is 1. The third kappa shape index (κ3) is 4.25. The van der Waals surface area contributed by atoms with Gasteiger partial charge in [-0.05, 0) is 25.6 Å². The molecule has 0 aromatic heterocycles. The van der Waals surface area contributed by atoms with E-state index in [9.17, 15) is 4.79 Å². The molecule has 5 heteroatoms. The minimum absolute atomic E-state index is 0.0805. The number of methoxy groups -OCH3 is 1. The van der Waals surface area contributed by atoms with Gasteiger partial charge in [0.2, 0.25) is 5.91 Å². The molecule has 1 aromatic rings. The summed E-state index contributed by atoms with van der Waals surface area (Å²) >= 11 is 0. The van der Waals surface area contributed by atoms with Gasteiger partial charge >= 0.3 is 0 Å². The van der Waals surface area contributed by atoms with Gasteiger partial charge in [0.15, 0.2) is 11.5 Å². The average Bonchev–Trinajstić information content (AvgIpc) is 2.38. The maximum absolute atomic E-state index is 11.5. The van der Waals surface area contributed by atoms with Gasteiger partial charge in [0.1, 0.15) is 0 Å². The Hall–Kier alpha value is -1.75. The lowest BCUT2D eigenvalue weighted by Crippen LogP contribution is -2.27. The van der Waals surface area contributed by atoms with Crippen LogP contribution in [0.15, 0.2) is 18.2 Å². The summed E-state index contributed by atoms with van der Waals surface area (Å²) < 4.78 is 10.6. The fourth-order valence-electron chi connectivity index (χ4n) is 1.46. The predicted molar refractivity (Wildman–Crippen MR) is 71.3 cm³/mol. The number of hydrogen-bond donors (Lipinski definition) is 2. The van der Waals surface area contributed by atoms with E-state index in [4.69, 9.17) is 9.47 Å². The highest BCUT2D eigenvalue weighted by Crippen LogP contribution is 2.30. The first-order valence-electron chi connectivity index (χ1n) is 6.02. The summed E-state index contributed by atoms with van der Waals surface area (Å²) in [5.41, 5.74) is 0.693. The minimum Gasteiger partial charge on any atom is -0.493 e. The molecule has 0 aliphatic rings. The van der Waals surface area contributed by atoms with Crippen LogP contribution in [0.1, 0.15) is 13.8 Å². The summed E-state index contributed by atoms with van der Waals surface area (Å²) in [4.78, 5) is 11.5. The highest BCUT2D eigenvalue weighted by molar-refractivity contribution is 5.92. The minimum atomic E-state index is -0.0805. The van der Waals surface area contributed by atoms with Crippen LogP contribution in [0.4, 0.5) is 5.69 Å². The Labute approximate surface area is 107 Å². The maximum atomic E-state index is 11.5. The molecule has 0 saturated heterocycles. The monoisotopic (exact) mass is 252 g/mol. The first kappa shape index (κ1) is 14.3. The molecule has 5 nitrogen and oxygen atoms in total. The van der Waals surface area contributed by atoms with E-state index in [0.29, 0.717) is 30.3 Å². The Kier molecular flexibility index (Phi) is 6.00. The Balaban J connectivity index is 2.69. The van der Waals surface area contributed by atoms with Crippen molar-refractivity contribution in [1.82, 2.24) is 5.32 Å². The van der Waals surface area contributed by atoms with Crippen molar-refractivity contribution in [3.63, 3.8) is 0 Å². The number of hydrogen-bond acceptors (Lipinski definition) is 4. The van der Waals surface area contributed by atoms with Gasteiger partial charge < -0.3 is 20.1 Å². The second-order valence-electron chi connectivity index (χ2n) is 3.63. The lowest BCUT2D eigenvalue weighted by Gasteiger charge is -2.11. The highest BCUT2D eigenvalue weighted by atomic mass is 16.5. The number of carbonyl (C=O) groups excluding carboxylic acids is 1. The molecule has 2 N–H and O–H groups in total. The van der Waals surface area contributed by atoms with E-state index in [1.165, 1.54) is 0 Å². The molecule has 0 fully saturated rings. The van der Waals surface area contributed by atoms with E-state index in [1.807, 2.05) is 13.8 Å². The second kappa shape index (κ2) is 7.55. The van der Waals surface area contributed by atoms with Crippen molar-refractivity contribution in [2.24, 2.45) is 0 Å². The Morgan fingerprint density at radius 2 is 2.06 bits per heavy atom. The zero-order chi connectivity index (χ0) is 13.4. The SMILES string of the molecule is CCNCC(=O)Nc1ccc(OCC)c(OC)c1. The third-order valence-electron chi connectivity index (χ3n) is 2.28. The lowest BCUT2D eigenvalue weighted by molar-refractivity contribution is -0.115. The van der Waals surface area contributed by atoms with E-state index in [0.717, 1.165) is 6.54 Å². The molecule has 0 unspecified atom stereocenters. The van der Waals surface area contributed by atoms with Crippen LogP contribution in [0.5, 0.6) is 11.5 Å². The van der Waals surface area contributed by atoms with Gasteiger partial charge in [0.25, 0.3) is 0 Å². The van der Waals surface area contributed by atoms with Gasteiger partial charge in [0.05, 0.1) is 20.3 Å². The average molecular weight is 252 g/mol. The first-order valence-corrected chi connectivity index (χ1v) is 6.02. The van der Waals surface area contributed by atoms with E-state index in [-0.39, 0.29) is 5.91 Å². The van der Waals surface area contributed by atoms with Crippen molar-refractivity contribution in [3.05, 3.63) is 18.2 Å². The summed E-state index contributed by atoms with van der Waals surface area (Å²) in [5.74, 6) is 1.20. The molecular weight excluding hydrogens is 232 g/mol. The largest absolute Gasteiger partial charge is 0.493 e. The molecule has 0 saturated carbocycles. The van der Waals surface area contributed by atoms with Crippen molar-refractivity contribution in [2.75, 3.05) is 32.1 Å². The number of ether oxygens (including phenoxy) is 2. The van der Waals surface area contributed by atoms with Crippen LogP contribution in [0, 0.1) is 0 Å². The molecule has 0 aliphatic heterocycles. The van der Waals surface area contributed by atoms with Crippen LogP contribution in [-0.2, 0) is 4.79 Å². The molecule has 0 atom stereocenters. The first-order chi connectivity index (χ1) is 8.71. The molecule has 0 heterocycles. The summed E-state index contributed by atoms with van der Waals surface area (Å²) in [6.07, 6.45) is 0. The topological polar surface area (TPSA) is 59.6 Å². The van der Waals surface area contributed by atoms with Gasteiger partial charge in [-0.1, -0.05) is 6.92 Å². The molecule has 100 valence electrons. The fourth-order valence-corrected chi connectivity index (χ4v) is 1.46. The molecule has 0 radical (unpaired) electrons. The van der Waals surface area contributed by atoms with Crippen LogP contribution in [0.2, 0.25) is 0 Å². The van der Waals surface area contributed by atoms with Crippen LogP contribution in [0.25, 0.3) is 0 Å². The van der Waals surface area contributed by atoms with Gasteiger partial charge in [-0.25, -0.2) is 0 Å². The normalized spacial score (nSPS) is 9.94. The summed E-state index contributed by atoms with van der Waals surface area (Å²) in [6.45, 7) is 5.49. The van der Waals surface area contributed by atoms with Crippen molar-refractivity contribution in [3.8, 4) is 11.5 Å². The number of anilines is 1. The third-order valence-corrected chi connectivity index (χ3v) is 2.28. The van der Waals surface area contributed by atoms with Crippen molar-refractivity contribution < 1.29 is 14.3 Å². The van der Waals surface area contributed by atoms with Crippen LogP contribution < -0.4 is 20.1 Å². The summed E-state index contributed by atoms with van der Waals surface area (Å²) in [5, 5.41) is 5.74. The lowest BCUT2D eigenvalue weighted by atomic mass is 10.2. The van der Waals surface area contributed by atoms with Crippen molar-refractivity contribution in [2.45, 2.75) is 13.8 Å². The molecule has 1 rings (SSSR count). The van der Waals surface area contributed by atoms with Gasteiger partial charge in [-0.3, -0.25) is 4.79 Å². The predicted octanol–water partition coefficient (Wildman–Crippen LogP) is 1.64. The zero-order valence-corrected chi connectivity index (χ0v) is 11.1. The second-order valence-corrected chi connectivity index (χ2v) is 3.63. The number of carbonyl (C=O) groups is 1. The molecule has 18 heavy (non-hydrogen) atoms. The number of nitrogens with one attached hydrogen (secondary N) is 2. The van der Waals surface area contributed by atoms with Crippen LogP contribution >= 0.6 is 0 Å². The Morgan fingerprint density at radius 3 is 2.67 bits per heavy atom. The zero-order valence-electron chi connectivity index (χ0n) is 11.1. The van der Waals surface area contributed by atoms with E-state index in [1.54, 1.807) is 25.3 Å². The quantitative estimate of drug-likeness (QED) is 0.774. The summed E-state index contributed by atoms with van der Waals surface area (Å²) in [6, 6.07) is 5.32. The van der Waals surface area contributed by atoms with Gasteiger partial charge in [-0.15, -0.1) is 0 Å². The van der Waals surface area contributed by atoms with Gasteiger partial charge in [-0.2, -0.15) is 0 Å². The number of benzene rings is 1. The number of likely N-dealkylation sites (N-methyl/N-ethyl adjacent to an activating group) is 1. The molecule has 0 spiro atoms. The van der Waals surface area contributed by atoms with Gasteiger partial charge in [0, 0.05) is 11.8 Å². The van der Waals surface area contributed by atoms with E-state index >= 15 is 0 Å². The highest BCUT2D eigenvalue weighted by Gasteiger charge is 2.07. The Morgan fingerprint density at radius 1 is 1.28 bits per heavy atom. The summed E-state index contributed by atoms with van der Waals surface area (Å²) in [7, 11) is 1.57. The van der Waals surface area contributed by atoms with Crippen molar-refractivity contribution >= 4 is 11.6 Å². The van der Waals surface area contributed by atoms with Crippen LogP contribution in [0.3, 0.4) is 0 Å². The maximum Gasteiger partial charge on any atom is 0.238 e. The van der Waals surface area contributed by atoms with Crippen molar-refractivity contribution in [1.29, 1.82) is 0 Å². The van der Waals surface area contributed by atoms with E-state index < -0.39 is 0 Å². The molecule has 0 bridgehead atoms. The standard InChI is InChI=1S/C13H20N2O3/c1-4-14-9-13(16)15-10-6-7-11(18-5-2)12(8-10)17-3/h6-8,14H,4-5,9H2,1-3H3,(H,15,16). The molecule has 1 aromatic carbocycles. The number of rotatable bonds is 7. The molecule has 0 aliphatic carbocycles. The fraction of sp³-hybridized carbons (Fsp3) is 0.462. The Bertz CT molecular complexity index is 394. The molecular formula is C13H20N2O3. The van der Waals surface area contributed by atoms with Crippen LogP contribution in [-0.4, -0.2) is 32.7 Å². The van der Waals surface area contributed by atoms with E-state index in [2.05, 4.69) is 10.6 Å². The smallest absolute Gasteiger partial charge is 0.238 e.